The average Bonchev–Trinajstić information content (AvgIpc) is 2.98. The van der Waals surface area contributed by atoms with E-state index in [0.717, 1.165) is 22.9 Å². The zero-order chi connectivity index (χ0) is 16.1. The van der Waals surface area contributed by atoms with E-state index in [4.69, 9.17) is 9.47 Å². The molecular weight excluding hydrogens is 314 g/mol. The van der Waals surface area contributed by atoms with E-state index in [1.165, 1.54) is 0 Å². The lowest BCUT2D eigenvalue weighted by atomic mass is 10.2. The molecule has 7 heteroatoms. The minimum atomic E-state index is -0.209. The van der Waals surface area contributed by atoms with Gasteiger partial charge < -0.3 is 20.1 Å². The molecule has 0 aliphatic carbocycles. The second-order valence-corrected chi connectivity index (χ2v) is 6.30. The number of nitrogens with one attached hydrogen (secondary N) is 2. The SMILES string of the molecule is Cc1nc(CCNC(=O)NC[C@@H]2COc3ccccc3O2)cs1. The average molecular weight is 333 g/mol. The van der Waals surface area contributed by atoms with Crippen LogP contribution in [0.25, 0.3) is 0 Å². The fraction of sp³-hybridized carbons (Fsp3) is 0.375. The Kier molecular flexibility index (Phi) is 4.97. The van der Waals surface area contributed by atoms with E-state index in [1.54, 1.807) is 11.3 Å². The topological polar surface area (TPSA) is 72.5 Å². The Morgan fingerprint density at radius 1 is 1.35 bits per heavy atom. The molecule has 1 aliphatic heterocycles. The van der Waals surface area contributed by atoms with Crippen molar-refractivity contribution in [2.75, 3.05) is 19.7 Å². The predicted molar refractivity (Wildman–Crippen MR) is 88.3 cm³/mol. The minimum Gasteiger partial charge on any atom is -0.486 e. The Labute approximate surface area is 138 Å². The normalized spacial score (nSPS) is 16.0. The molecule has 0 fully saturated rings. The maximum atomic E-state index is 11.8. The lowest BCUT2D eigenvalue weighted by molar-refractivity contribution is 0.0918. The van der Waals surface area contributed by atoms with Crippen molar-refractivity contribution >= 4 is 17.4 Å². The molecule has 1 aliphatic rings. The third kappa shape index (κ3) is 4.35. The van der Waals surface area contributed by atoms with Gasteiger partial charge in [0.05, 0.1) is 17.2 Å². The molecule has 0 saturated carbocycles. The van der Waals surface area contributed by atoms with Crippen LogP contribution in [0.4, 0.5) is 4.79 Å². The van der Waals surface area contributed by atoms with Crippen LogP contribution in [0.1, 0.15) is 10.7 Å². The van der Waals surface area contributed by atoms with Crippen molar-refractivity contribution in [2.45, 2.75) is 19.4 Å². The van der Waals surface area contributed by atoms with Crippen LogP contribution in [0.15, 0.2) is 29.6 Å². The lowest BCUT2D eigenvalue weighted by Gasteiger charge is -2.26. The summed E-state index contributed by atoms with van der Waals surface area (Å²) in [5, 5.41) is 8.67. The van der Waals surface area contributed by atoms with Crippen molar-refractivity contribution in [3.8, 4) is 11.5 Å². The van der Waals surface area contributed by atoms with Gasteiger partial charge >= 0.3 is 6.03 Å². The summed E-state index contributed by atoms with van der Waals surface area (Å²) in [6.07, 6.45) is 0.547. The third-order valence-corrected chi connectivity index (χ3v) is 4.21. The molecule has 6 nitrogen and oxygen atoms in total. The van der Waals surface area contributed by atoms with Crippen molar-refractivity contribution in [3.05, 3.63) is 40.3 Å². The molecule has 2 amide bonds. The molecule has 0 radical (unpaired) electrons. The number of aromatic nitrogens is 1. The van der Waals surface area contributed by atoms with Crippen LogP contribution in [0, 0.1) is 6.92 Å². The molecule has 122 valence electrons. The molecule has 0 spiro atoms. The van der Waals surface area contributed by atoms with E-state index < -0.39 is 0 Å². The number of benzene rings is 1. The van der Waals surface area contributed by atoms with Crippen molar-refractivity contribution in [2.24, 2.45) is 0 Å². The first-order valence-electron chi connectivity index (χ1n) is 7.52. The van der Waals surface area contributed by atoms with Gasteiger partial charge in [-0.3, -0.25) is 0 Å². The Balaban J connectivity index is 1.36. The Morgan fingerprint density at radius 2 is 2.17 bits per heavy atom. The second-order valence-electron chi connectivity index (χ2n) is 5.24. The predicted octanol–water partition coefficient (Wildman–Crippen LogP) is 2.13. The number of amides is 2. The maximum Gasteiger partial charge on any atom is 0.314 e. The molecule has 2 heterocycles. The zero-order valence-electron chi connectivity index (χ0n) is 12.9. The van der Waals surface area contributed by atoms with Crippen LogP contribution in [-0.2, 0) is 6.42 Å². The monoisotopic (exact) mass is 333 g/mol. The highest BCUT2D eigenvalue weighted by Gasteiger charge is 2.20. The van der Waals surface area contributed by atoms with Crippen molar-refractivity contribution in [3.63, 3.8) is 0 Å². The van der Waals surface area contributed by atoms with E-state index in [1.807, 2.05) is 36.6 Å². The van der Waals surface area contributed by atoms with E-state index >= 15 is 0 Å². The van der Waals surface area contributed by atoms with Crippen molar-refractivity contribution in [1.82, 2.24) is 15.6 Å². The van der Waals surface area contributed by atoms with Gasteiger partial charge in [-0.15, -0.1) is 11.3 Å². The van der Waals surface area contributed by atoms with E-state index in [-0.39, 0.29) is 12.1 Å². The quantitative estimate of drug-likeness (QED) is 0.879. The van der Waals surface area contributed by atoms with Crippen LogP contribution in [0.3, 0.4) is 0 Å². The molecule has 0 unspecified atom stereocenters. The molecule has 0 saturated heterocycles. The maximum absolute atomic E-state index is 11.8. The molecule has 2 aromatic rings. The van der Waals surface area contributed by atoms with Gasteiger partial charge in [-0.25, -0.2) is 9.78 Å². The van der Waals surface area contributed by atoms with Crippen LogP contribution in [-0.4, -0.2) is 36.8 Å². The summed E-state index contributed by atoms with van der Waals surface area (Å²) in [6.45, 7) is 3.35. The zero-order valence-corrected chi connectivity index (χ0v) is 13.7. The number of ether oxygens (including phenoxy) is 2. The highest BCUT2D eigenvalue weighted by molar-refractivity contribution is 7.09. The van der Waals surface area contributed by atoms with Gasteiger partial charge in [-0.05, 0) is 19.1 Å². The Bertz CT molecular complexity index is 674. The number of fused-ring (bicyclic) bond motifs is 1. The minimum absolute atomic E-state index is 0.183. The summed E-state index contributed by atoms with van der Waals surface area (Å²) in [5.41, 5.74) is 1.01. The molecular formula is C16H19N3O3S. The number of hydrogen-bond acceptors (Lipinski definition) is 5. The number of rotatable bonds is 5. The van der Waals surface area contributed by atoms with Gasteiger partial charge in [0, 0.05) is 18.3 Å². The molecule has 23 heavy (non-hydrogen) atoms. The second kappa shape index (κ2) is 7.32. The van der Waals surface area contributed by atoms with Crippen LogP contribution in [0.5, 0.6) is 11.5 Å². The summed E-state index contributed by atoms with van der Waals surface area (Å²) in [7, 11) is 0. The van der Waals surface area contributed by atoms with Crippen LogP contribution < -0.4 is 20.1 Å². The van der Waals surface area contributed by atoms with E-state index in [0.29, 0.717) is 25.4 Å². The first-order chi connectivity index (χ1) is 11.2. The summed E-state index contributed by atoms with van der Waals surface area (Å²) in [4.78, 5) is 16.1. The fourth-order valence-electron chi connectivity index (χ4n) is 2.26. The first kappa shape index (κ1) is 15.6. The Hall–Kier alpha value is -2.28. The molecule has 0 bridgehead atoms. The van der Waals surface area contributed by atoms with Crippen molar-refractivity contribution in [1.29, 1.82) is 0 Å². The summed E-state index contributed by atoms with van der Waals surface area (Å²) < 4.78 is 11.4. The van der Waals surface area contributed by atoms with Crippen LogP contribution in [0.2, 0.25) is 0 Å². The summed E-state index contributed by atoms with van der Waals surface area (Å²) in [5.74, 6) is 1.46. The van der Waals surface area contributed by atoms with E-state index in [2.05, 4.69) is 15.6 Å². The van der Waals surface area contributed by atoms with Crippen molar-refractivity contribution < 1.29 is 14.3 Å². The Morgan fingerprint density at radius 3 is 2.96 bits per heavy atom. The molecule has 1 aromatic carbocycles. The summed E-state index contributed by atoms with van der Waals surface area (Å²) in [6, 6.07) is 7.31. The fourth-order valence-corrected chi connectivity index (χ4v) is 2.91. The van der Waals surface area contributed by atoms with Crippen LogP contribution >= 0.6 is 11.3 Å². The van der Waals surface area contributed by atoms with Gasteiger partial charge in [-0.2, -0.15) is 0 Å². The third-order valence-electron chi connectivity index (χ3n) is 3.39. The highest BCUT2D eigenvalue weighted by atomic mass is 32.1. The number of carbonyl (C=O) groups is 1. The number of urea groups is 1. The van der Waals surface area contributed by atoms with Gasteiger partial charge in [0.25, 0.3) is 0 Å². The number of thiazole rings is 1. The smallest absolute Gasteiger partial charge is 0.314 e. The number of hydrogen-bond donors (Lipinski definition) is 2. The molecule has 3 rings (SSSR count). The van der Waals surface area contributed by atoms with Gasteiger partial charge in [-0.1, -0.05) is 12.1 Å². The number of aryl methyl sites for hydroxylation is 1. The van der Waals surface area contributed by atoms with E-state index in [9.17, 15) is 4.79 Å². The largest absolute Gasteiger partial charge is 0.486 e. The van der Waals surface area contributed by atoms with Gasteiger partial charge in [0.15, 0.2) is 17.6 Å². The molecule has 1 aromatic heterocycles. The number of carbonyl (C=O) groups excluding carboxylic acids is 1. The molecule has 2 N–H and O–H groups in total. The van der Waals surface area contributed by atoms with Gasteiger partial charge in [0.2, 0.25) is 0 Å². The van der Waals surface area contributed by atoms with Gasteiger partial charge in [0.1, 0.15) is 6.61 Å². The first-order valence-corrected chi connectivity index (χ1v) is 8.40. The standard InChI is InChI=1S/C16H19N3O3S/c1-11-19-12(10-23-11)6-7-17-16(20)18-8-13-9-21-14-4-2-3-5-15(14)22-13/h2-5,10,13H,6-9H2,1H3,(H2,17,18,20)/t13-/m1/s1. The number of para-hydroxylation sites is 2. The highest BCUT2D eigenvalue weighted by Crippen LogP contribution is 2.30. The molecule has 1 atom stereocenters. The summed E-state index contributed by atoms with van der Waals surface area (Å²) >= 11 is 1.62. The lowest BCUT2D eigenvalue weighted by Crippen LogP contribution is -2.44. The number of nitrogens with zero attached hydrogens (tertiary/aromatic N) is 1.